The molecular weight excluding hydrogens is 368 g/mol. The maximum atomic E-state index is 12.8. The van der Waals surface area contributed by atoms with Gasteiger partial charge in [-0.2, -0.15) is 0 Å². The molecule has 0 saturated heterocycles. The Labute approximate surface area is 172 Å². The fourth-order valence-electron chi connectivity index (χ4n) is 3.49. The minimum atomic E-state index is -0.0396. The highest BCUT2D eigenvalue weighted by Gasteiger charge is 2.21. The number of carbonyl (C=O) groups is 1. The van der Waals surface area contributed by atoms with E-state index >= 15 is 0 Å². The van der Waals surface area contributed by atoms with Crippen LogP contribution in [0.3, 0.4) is 0 Å². The summed E-state index contributed by atoms with van der Waals surface area (Å²) in [6, 6.07) is 24.0. The summed E-state index contributed by atoms with van der Waals surface area (Å²) >= 11 is 6.07. The number of nitrogens with one attached hydrogen (secondary N) is 1. The van der Waals surface area contributed by atoms with E-state index in [1.165, 1.54) is 0 Å². The SMILES string of the molecule is Cc1cccc(C)c1NC(=O)CN(C)C(c1ccccc1)c1ccc(Cl)cc1. The maximum Gasteiger partial charge on any atom is 0.238 e. The Morgan fingerprint density at radius 3 is 2.07 bits per heavy atom. The van der Waals surface area contributed by atoms with Crippen LogP contribution in [0.5, 0.6) is 0 Å². The van der Waals surface area contributed by atoms with E-state index in [1.54, 1.807) is 0 Å². The molecule has 1 amide bonds. The Balaban J connectivity index is 1.82. The molecule has 3 rings (SSSR count). The Kier molecular flexibility index (Phi) is 6.50. The molecule has 1 unspecified atom stereocenters. The van der Waals surface area contributed by atoms with E-state index in [2.05, 4.69) is 22.3 Å². The average molecular weight is 393 g/mol. The van der Waals surface area contributed by atoms with E-state index in [4.69, 9.17) is 11.6 Å². The predicted molar refractivity (Wildman–Crippen MR) is 117 cm³/mol. The molecular formula is C24H25ClN2O. The third kappa shape index (κ3) is 4.80. The predicted octanol–water partition coefficient (Wildman–Crippen LogP) is 5.62. The zero-order chi connectivity index (χ0) is 20.1. The number of aryl methyl sites for hydroxylation is 2. The first-order valence-electron chi connectivity index (χ1n) is 9.32. The van der Waals surface area contributed by atoms with Gasteiger partial charge in [0.2, 0.25) is 5.91 Å². The third-order valence-corrected chi connectivity index (χ3v) is 5.13. The number of nitrogens with zero attached hydrogens (tertiary/aromatic N) is 1. The average Bonchev–Trinajstić information content (AvgIpc) is 2.67. The third-order valence-electron chi connectivity index (χ3n) is 4.88. The second-order valence-corrected chi connectivity index (χ2v) is 7.53. The van der Waals surface area contributed by atoms with Crippen LogP contribution in [-0.2, 0) is 4.79 Å². The van der Waals surface area contributed by atoms with Gasteiger partial charge in [0.15, 0.2) is 0 Å². The van der Waals surface area contributed by atoms with E-state index in [-0.39, 0.29) is 18.5 Å². The van der Waals surface area contributed by atoms with Gasteiger partial charge in [0, 0.05) is 10.7 Å². The quantitative estimate of drug-likeness (QED) is 0.590. The van der Waals surface area contributed by atoms with Crippen molar-refractivity contribution in [3.8, 4) is 0 Å². The molecule has 3 aromatic carbocycles. The van der Waals surface area contributed by atoms with Gasteiger partial charge in [0.05, 0.1) is 12.6 Å². The van der Waals surface area contributed by atoms with E-state index in [0.29, 0.717) is 5.02 Å². The highest BCUT2D eigenvalue weighted by molar-refractivity contribution is 6.30. The summed E-state index contributed by atoms with van der Waals surface area (Å²) in [6.07, 6.45) is 0. The van der Waals surface area contributed by atoms with Crippen LogP contribution >= 0.6 is 11.6 Å². The first kappa shape index (κ1) is 20.1. The molecule has 0 bridgehead atoms. The molecule has 3 nitrogen and oxygen atoms in total. The number of hydrogen-bond acceptors (Lipinski definition) is 2. The van der Waals surface area contributed by atoms with Crippen molar-refractivity contribution in [2.45, 2.75) is 19.9 Å². The van der Waals surface area contributed by atoms with Crippen molar-refractivity contribution in [3.05, 3.63) is 100 Å². The van der Waals surface area contributed by atoms with E-state index in [0.717, 1.165) is 27.9 Å². The van der Waals surface area contributed by atoms with Gasteiger partial charge < -0.3 is 5.32 Å². The van der Waals surface area contributed by atoms with E-state index < -0.39 is 0 Å². The first-order valence-corrected chi connectivity index (χ1v) is 9.70. The van der Waals surface area contributed by atoms with Crippen molar-refractivity contribution in [2.24, 2.45) is 0 Å². The molecule has 0 aliphatic carbocycles. The van der Waals surface area contributed by atoms with E-state index in [1.807, 2.05) is 81.6 Å². The number of para-hydroxylation sites is 1. The molecule has 1 N–H and O–H groups in total. The van der Waals surface area contributed by atoms with Crippen molar-refractivity contribution >= 4 is 23.2 Å². The summed E-state index contributed by atoms with van der Waals surface area (Å²) in [4.78, 5) is 14.8. The zero-order valence-corrected chi connectivity index (χ0v) is 17.2. The smallest absolute Gasteiger partial charge is 0.238 e. The Morgan fingerprint density at radius 1 is 0.893 bits per heavy atom. The minimum absolute atomic E-state index is 0.0326. The molecule has 4 heteroatoms. The number of likely N-dealkylation sites (N-methyl/N-ethyl adjacent to an activating group) is 1. The van der Waals surface area contributed by atoms with Gasteiger partial charge in [-0.1, -0.05) is 72.3 Å². The van der Waals surface area contributed by atoms with Gasteiger partial charge in [-0.15, -0.1) is 0 Å². The van der Waals surface area contributed by atoms with Crippen LogP contribution in [0.15, 0.2) is 72.8 Å². The number of benzene rings is 3. The van der Waals surface area contributed by atoms with Gasteiger partial charge in [-0.3, -0.25) is 9.69 Å². The van der Waals surface area contributed by atoms with Gasteiger partial charge in [0.25, 0.3) is 0 Å². The van der Waals surface area contributed by atoms with Crippen molar-refractivity contribution < 1.29 is 4.79 Å². The Bertz CT molecular complexity index is 918. The topological polar surface area (TPSA) is 32.3 Å². The Hall–Kier alpha value is -2.62. The van der Waals surface area contributed by atoms with Crippen LogP contribution in [0.1, 0.15) is 28.3 Å². The standard InChI is InChI=1S/C24H25ClN2O/c1-17-8-7-9-18(2)23(17)26-22(28)16-27(3)24(19-10-5-4-6-11-19)20-12-14-21(25)15-13-20/h4-15,24H,16H2,1-3H3,(H,26,28). The summed E-state index contributed by atoms with van der Waals surface area (Å²) in [6.45, 7) is 4.29. The molecule has 0 saturated carbocycles. The number of hydrogen-bond donors (Lipinski definition) is 1. The fourth-order valence-corrected chi connectivity index (χ4v) is 3.62. The molecule has 0 aliphatic heterocycles. The van der Waals surface area contributed by atoms with Crippen LogP contribution in [0.25, 0.3) is 0 Å². The molecule has 1 atom stereocenters. The maximum absolute atomic E-state index is 12.8. The molecule has 0 fully saturated rings. The Morgan fingerprint density at radius 2 is 1.46 bits per heavy atom. The lowest BCUT2D eigenvalue weighted by Gasteiger charge is -2.29. The normalized spacial score (nSPS) is 12.0. The van der Waals surface area contributed by atoms with E-state index in [9.17, 15) is 4.79 Å². The molecule has 0 aliphatic rings. The van der Waals surface area contributed by atoms with Crippen LogP contribution in [0, 0.1) is 13.8 Å². The van der Waals surface area contributed by atoms with Crippen molar-refractivity contribution in [1.82, 2.24) is 4.90 Å². The number of carbonyl (C=O) groups excluding carboxylic acids is 1. The number of rotatable bonds is 6. The lowest BCUT2D eigenvalue weighted by atomic mass is 9.97. The van der Waals surface area contributed by atoms with Gasteiger partial charge >= 0.3 is 0 Å². The molecule has 3 aromatic rings. The molecule has 28 heavy (non-hydrogen) atoms. The number of halogens is 1. The molecule has 0 heterocycles. The molecule has 0 radical (unpaired) electrons. The summed E-state index contributed by atoms with van der Waals surface area (Å²) < 4.78 is 0. The number of anilines is 1. The highest BCUT2D eigenvalue weighted by atomic mass is 35.5. The van der Waals surface area contributed by atoms with Crippen LogP contribution in [0.4, 0.5) is 5.69 Å². The van der Waals surface area contributed by atoms with Crippen LogP contribution < -0.4 is 5.32 Å². The van der Waals surface area contributed by atoms with Crippen LogP contribution in [-0.4, -0.2) is 24.4 Å². The summed E-state index contributed by atoms with van der Waals surface area (Å²) in [7, 11) is 1.97. The monoisotopic (exact) mass is 392 g/mol. The van der Waals surface area contributed by atoms with Crippen molar-refractivity contribution in [1.29, 1.82) is 0 Å². The van der Waals surface area contributed by atoms with Gasteiger partial charge in [0.1, 0.15) is 0 Å². The summed E-state index contributed by atoms with van der Waals surface area (Å²) in [5.41, 5.74) is 5.25. The first-order chi connectivity index (χ1) is 13.5. The molecule has 144 valence electrons. The van der Waals surface area contributed by atoms with Crippen LogP contribution in [0.2, 0.25) is 5.02 Å². The molecule has 0 spiro atoms. The summed E-state index contributed by atoms with van der Waals surface area (Å²) in [5.74, 6) is -0.0326. The highest BCUT2D eigenvalue weighted by Crippen LogP contribution is 2.28. The largest absolute Gasteiger partial charge is 0.324 e. The second-order valence-electron chi connectivity index (χ2n) is 7.09. The van der Waals surface area contributed by atoms with Crippen molar-refractivity contribution in [3.63, 3.8) is 0 Å². The lowest BCUT2D eigenvalue weighted by Crippen LogP contribution is -2.34. The minimum Gasteiger partial charge on any atom is -0.324 e. The van der Waals surface area contributed by atoms with Gasteiger partial charge in [-0.25, -0.2) is 0 Å². The fraction of sp³-hybridized carbons (Fsp3) is 0.208. The molecule has 0 aromatic heterocycles. The van der Waals surface area contributed by atoms with Gasteiger partial charge in [-0.05, 0) is 55.3 Å². The van der Waals surface area contributed by atoms with Crippen molar-refractivity contribution in [2.75, 3.05) is 18.9 Å². The lowest BCUT2D eigenvalue weighted by molar-refractivity contribution is -0.117. The summed E-state index contributed by atoms with van der Waals surface area (Å²) in [5, 5.41) is 3.77. The zero-order valence-electron chi connectivity index (χ0n) is 16.4. The number of amides is 1. The second kappa shape index (κ2) is 9.05.